The predicted molar refractivity (Wildman–Crippen MR) is 67.3 cm³/mol. The van der Waals surface area contributed by atoms with Gasteiger partial charge in [0.15, 0.2) is 5.58 Å². The molecule has 0 bridgehead atoms. The van der Waals surface area contributed by atoms with Crippen molar-refractivity contribution in [1.82, 2.24) is 0 Å². The molecule has 88 valence electrons. The smallest absolute Gasteiger partial charge is 0.208 e. The molecule has 0 aliphatic heterocycles. The van der Waals surface area contributed by atoms with E-state index in [2.05, 4.69) is 15.9 Å². The maximum Gasteiger partial charge on any atom is 0.208 e. The molecule has 4 heteroatoms. The summed E-state index contributed by atoms with van der Waals surface area (Å²) in [6.07, 6.45) is 0. The number of halogens is 2. The number of furan rings is 1. The van der Waals surface area contributed by atoms with Gasteiger partial charge in [0.25, 0.3) is 0 Å². The highest BCUT2D eigenvalue weighted by Gasteiger charge is 2.26. The van der Waals surface area contributed by atoms with E-state index in [0.717, 1.165) is 5.56 Å². The topological polar surface area (TPSA) is 36.9 Å². The van der Waals surface area contributed by atoms with Gasteiger partial charge in [-0.05, 0) is 33.5 Å². The molecule has 0 unspecified atom stereocenters. The van der Waals surface area contributed by atoms with Gasteiger partial charge in [-0.3, -0.25) is 0 Å². The van der Waals surface area contributed by atoms with Crippen LogP contribution in [0, 0.1) is 17.1 Å². The van der Waals surface area contributed by atoms with Crippen LogP contribution in [0.25, 0.3) is 11.0 Å². The minimum atomic E-state index is -0.347. The van der Waals surface area contributed by atoms with Crippen LogP contribution in [-0.2, 0) is 5.41 Å². The van der Waals surface area contributed by atoms with Gasteiger partial charge >= 0.3 is 0 Å². The Labute approximate surface area is 107 Å². The molecule has 0 aliphatic rings. The van der Waals surface area contributed by atoms with Crippen LogP contribution in [0.15, 0.2) is 21.0 Å². The highest BCUT2D eigenvalue weighted by Crippen LogP contribution is 2.38. The summed E-state index contributed by atoms with van der Waals surface area (Å²) in [6, 6.07) is 4.77. The predicted octanol–water partition coefficient (Wildman–Crippen LogP) is 4.50. The third-order valence-electron chi connectivity index (χ3n) is 2.56. The highest BCUT2D eigenvalue weighted by atomic mass is 79.9. The molecule has 0 atom stereocenters. The summed E-state index contributed by atoms with van der Waals surface area (Å²) in [5, 5.41) is 9.74. The lowest BCUT2D eigenvalue weighted by Gasteiger charge is -2.17. The molecule has 0 spiro atoms. The van der Waals surface area contributed by atoms with Crippen molar-refractivity contribution in [2.24, 2.45) is 0 Å². The van der Waals surface area contributed by atoms with E-state index in [9.17, 15) is 4.39 Å². The summed E-state index contributed by atoms with van der Waals surface area (Å²) in [4.78, 5) is 0. The van der Waals surface area contributed by atoms with Gasteiger partial charge in [0, 0.05) is 10.9 Å². The first-order chi connectivity index (χ1) is 7.84. The summed E-state index contributed by atoms with van der Waals surface area (Å²) in [6.45, 7) is 5.91. The molecule has 17 heavy (non-hydrogen) atoms. The summed E-state index contributed by atoms with van der Waals surface area (Å²) >= 11 is 3.25. The molecule has 0 radical (unpaired) electrons. The van der Waals surface area contributed by atoms with Gasteiger partial charge < -0.3 is 4.42 Å². The number of nitriles is 1. The zero-order valence-corrected chi connectivity index (χ0v) is 11.4. The SMILES string of the molecule is CC(C)(C)c1c(C#N)oc2c(Br)cc(F)cc12. The van der Waals surface area contributed by atoms with E-state index in [1.807, 2.05) is 26.8 Å². The quantitative estimate of drug-likeness (QED) is 0.717. The number of nitrogens with zero attached hydrogens (tertiary/aromatic N) is 1. The lowest BCUT2D eigenvalue weighted by Crippen LogP contribution is -2.12. The standard InChI is InChI=1S/C13H11BrFNO/c1-13(2,3)11-8-4-7(15)5-9(14)12(8)17-10(11)6-16/h4-5H,1-3H3. The number of benzene rings is 1. The van der Waals surface area contributed by atoms with Crippen LogP contribution >= 0.6 is 15.9 Å². The molecule has 2 rings (SSSR count). The Morgan fingerprint density at radius 2 is 2.00 bits per heavy atom. The second-order valence-corrected chi connectivity index (χ2v) is 5.79. The molecule has 2 aromatic rings. The first kappa shape index (κ1) is 12.1. The van der Waals surface area contributed by atoms with E-state index < -0.39 is 0 Å². The van der Waals surface area contributed by atoms with Crippen molar-refractivity contribution >= 4 is 26.9 Å². The lowest BCUT2D eigenvalue weighted by atomic mass is 9.85. The zero-order chi connectivity index (χ0) is 12.8. The van der Waals surface area contributed by atoms with Gasteiger partial charge in [0.05, 0.1) is 4.47 Å². The summed E-state index contributed by atoms with van der Waals surface area (Å²) in [7, 11) is 0. The van der Waals surface area contributed by atoms with Crippen molar-refractivity contribution in [2.45, 2.75) is 26.2 Å². The van der Waals surface area contributed by atoms with Crippen molar-refractivity contribution in [3.05, 3.63) is 33.7 Å². The zero-order valence-electron chi connectivity index (χ0n) is 9.77. The van der Waals surface area contributed by atoms with Crippen molar-refractivity contribution < 1.29 is 8.81 Å². The van der Waals surface area contributed by atoms with Crippen LogP contribution < -0.4 is 0 Å². The Balaban J connectivity index is 2.95. The fraction of sp³-hybridized carbons (Fsp3) is 0.308. The van der Waals surface area contributed by atoms with Crippen molar-refractivity contribution in [3.8, 4) is 6.07 Å². The largest absolute Gasteiger partial charge is 0.444 e. The van der Waals surface area contributed by atoms with E-state index in [4.69, 9.17) is 9.68 Å². The summed E-state index contributed by atoms with van der Waals surface area (Å²) in [5.41, 5.74) is 0.992. The van der Waals surface area contributed by atoms with E-state index in [1.165, 1.54) is 12.1 Å². The summed E-state index contributed by atoms with van der Waals surface area (Å²) in [5.74, 6) is -0.0982. The Hall–Kier alpha value is -1.34. The minimum absolute atomic E-state index is 0.249. The molecular formula is C13H11BrFNO. The van der Waals surface area contributed by atoms with Crippen LogP contribution in [-0.4, -0.2) is 0 Å². The van der Waals surface area contributed by atoms with Crippen LogP contribution in [0.1, 0.15) is 32.1 Å². The monoisotopic (exact) mass is 295 g/mol. The molecule has 1 aromatic carbocycles. The van der Waals surface area contributed by atoms with Crippen molar-refractivity contribution in [2.75, 3.05) is 0 Å². The van der Waals surface area contributed by atoms with Crippen LogP contribution in [0.4, 0.5) is 4.39 Å². The lowest BCUT2D eigenvalue weighted by molar-refractivity contribution is 0.545. The van der Waals surface area contributed by atoms with Crippen LogP contribution in [0.5, 0.6) is 0 Å². The average Bonchev–Trinajstić information content (AvgIpc) is 2.55. The van der Waals surface area contributed by atoms with Gasteiger partial charge in [-0.1, -0.05) is 20.8 Å². The third-order valence-corrected chi connectivity index (χ3v) is 3.15. The molecule has 0 saturated carbocycles. The number of hydrogen-bond acceptors (Lipinski definition) is 2. The maximum absolute atomic E-state index is 13.4. The molecule has 0 N–H and O–H groups in total. The van der Waals surface area contributed by atoms with Gasteiger partial charge in [-0.25, -0.2) is 4.39 Å². The van der Waals surface area contributed by atoms with Gasteiger partial charge in [0.1, 0.15) is 11.9 Å². The molecule has 2 nitrogen and oxygen atoms in total. The Bertz CT molecular complexity index is 631. The summed E-state index contributed by atoms with van der Waals surface area (Å²) < 4.78 is 19.4. The van der Waals surface area contributed by atoms with Crippen LogP contribution in [0.3, 0.4) is 0 Å². The number of rotatable bonds is 0. The van der Waals surface area contributed by atoms with Crippen molar-refractivity contribution in [1.29, 1.82) is 5.26 Å². The molecule has 1 heterocycles. The minimum Gasteiger partial charge on any atom is -0.444 e. The van der Waals surface area contributed by atoms with Gasteiger partial charge in [-0.2, -0.15) is 5.26 Å². The maximum atomic E-state index is 13.4. The van der Waals surface area contributed by atoms with E-state index in [0.29, 0.717) is 15.4 Å². The van der Waals surface area contributed by atoms with Crippen LogP contribution in [0.2, 0.25) is 0 Å². The number of hydrogen-bond donors (Lipinski definition) is 0. The van der Waals surface area contributed by atoms with Gasteiger partial charge in [-0.15, -0.1) is 0 Å². The first-order valence-electron chi connectivity index (χ1n) is 5.16. The van der Waals surface area contributed by atoms with E-state index in [-0.39, 0.29) is 17.0 Å². The molecule has 0 fully saturated rings. The average molecular weight is 296 g/mol. The molecule has 0 saturated heterocycles. The normalized spacial score (nSPS) is 11.8. The fourth-order valence-electron chi connectivity index (χ4n) is 1.95. The second-order valence-electron chi connectivity index (χ2n) is 4.93. The first-order valence-corrected chi connectivity index (χ1v) is 5.96. The second kappa shape index (κ2) is 3.85. The Kier molecular flexibility index (Phi) is 2.75. The highest BCUT2D eigenvalue weighted by molar-refractivity contribution is 9.10. The third kappa shape index (κ3) is 1.96. The number of fused-ring (bicyclic) bond motifs is 1. The molecule has 1 aromatic heterocycles. The molecule has 0 aliphatic carbocycles. The Morgan fingerprint density at radius 3 is 2.53 bits per heavy atom. The Morgan fingerprint density at radius 1 is 1.35 bits per heavy atom. The van der Waals surface area contributed by atoms with E-state index >= 15 is 0 Å². The van der Waals surface area contributed by atoms with Crippen molar-refractivity contribution in [3.63, 3.8) is 0 Å². The fourth-order valence-corrected chi connectivity index (χ4v) is 2.46. The van der Waals surface area contributed by atoms with E-state index in [1.54, 1.807) is 0 Å². The van der Waals surface area contributed by atoms with Gasteiger partial charge in [0.2, 0.25) is 5.76 Å². The molecular weight excluding hydrogens is 285 g/mol. The molecule has 0 amide bonds.